The van der Waals surface area contributed by atoms with Crippen molar-refractivity contribution in [2.75, 3.05) is 26.9 Å². The second kappa shape index (κ2) is 10.4. The Morgan fingerprint density at radius 2 is 1.81 bits per heavy atom. The van der Waals surface area contributed by atoms with Crippen LogP contribution in [0.3, 0.4) is 0 Å². The second-order valence-corrected chi connectivity index (χ2v) is 13.4. The first-order valence-electron chi connectivity index (χ1n) is 9.65. The molecule has 0 heterocycles. The average Bonchev–Trinajstić information content (AvgIpc) is 2.62. The van der Waals surface area contributed by atoms with E-state index in [-0.39, 0.29) is 36.1 Å². The topological polar surface area (TPSA) is 59.0 Å². The van der Waals surface area contributed by atoms with Crippen molar-refractivity contribution in [1.82, 2.24) is 4.90 Å². The van der Waals surface area contributed by atoms with Crippen LogP contribution in [0.4, 0.5) is 0 Å². The number of ether oxygens (including phenoxy) is 1. The highest BCUT2D eigenvalue weighted by Crippen LogP contribution is 2.37. The number of methoxy groups -OCH3 is 1. The molecule has 6 heteroatoms. The monoisotopic (exact) mass is 395 g/mol. The highest BCUT2D eigenvalue weighted by Gasteiger charge is 2.38. The summed E-state index contributed by atoms with van der Waals surface area (Å²) < 4.78 is 11.3. The van der Waals surface area contributed by atoms with Crippen molar-refractivity contribution < 1.29 is 19.1 Å². The Kier molecular flexibility index (Phi) is 9.15. The fraction of sp³-hybridized carbons (Fsp3) is 0.667. The van der Waals surface area contributed by atoms with E-state index in [2.05, 4.69) is 57.8 Å². The maximum Gasteiger partial charge on any atom is 0.307 e. The summed E-state index contributed by atoms with van der Waals surface area (Å²) in [5.74, 6) is -0.262. The van der Waals surface area contributed by atoms with Crippen molar-refractivity contribution in [2.24, 2.45) is 0 Å². The van der Waals surface area contributed by atoms with Gasteiger partial charge in [0.25, 0.3) is 0 Å². The number of benzene rings is 1. The average molecular weight is 396 g/mol. The normalized spacial score (nSPS) is 14.9. The van der Waals surface area contributed by atoms with E-state index in [1.54, 1.807) is 0 Å². The van der Waals surface area contributed by atoms with E-state index in [1.165, 1.54) is 7.11 Å². The van der Waals surface area contributed by atoms with Gasteiger partial charge >= 0.3 is 5.97 Å². The molecule has 0 saturated carbocycles. The molecule has 5 nitrogen and oxygen atoms in total. The molecule has 0 radical (unpaired) electrons. The Morgan fingerprint density at radius 1 is 1.22 bits per heavy atom. The molecule has 154 valence electrons. The highest BCUT2D eigenvalue weighted by atomic mass is 28.4. The van der Waals surface area contributed by atoms with Gasteiger partial charge in [0.1, 0.15) is 0 Å². The largest absolute Gasteiger partial charge is 0.469 e. The van der Waals surface area contributed by atoms with Gasteiger partial charge in [-0.2, -0.15) is 0 Å². The number of nitrogens with zero attached hydrogens (tertiary/aromatic N) is 1. The van der Waals surface area contributed by atoms with Crippen LogP contribution in [0.15, 0.2) is 30.3 Å². The first kappa shape index (κ1) is 23.8. The third-order valence-corrected chi connectivity index (χ3v) is 10.2. The van der Waals surface area contributed by atoms with Gasteiger partial charge < -0.3 is 14.3 Å². The van der Waals surface area contributed by atoms with Crippen LogP contribution in [0.5, 0.6) is 0 Å². The van der Waals surface area contributed by atoms with Crippen molar-refractivity contribution in [2.45, 2.75) is 64.3 Å². The minimum absolute atomic E-state index is 0.0228. The van der Waals surface area contributed by atoms with Gasteiger partial charge in [-0.3, -0.25) is 9.69 Å². The lowest BCUT2D eigenvalue weighted by Crippen LogP contribution is -2.48. The van der Waals surface area contributed by atoms with E-state index in [1.807, 2.05) is 18.2 Å². The van der Waals surface area contributed by atoms with E-state index in [4.69, 9.17) is 9.16 Å². The summed E-state index contributed by atoms with van der Waals surface area (Å²) in [6.07, 6.45) is 0.238. The number of hydrogen-bond donors (Lipinski definition) is 1. The zero-order valence-electron chi connectivity index (χ0n) is 18.0. The Bertz CT molecular complexity index is 571. The Labute approximate surface area is 165 Å². The molecule has 0 aromatic heterocycles. The van der Waals surface area contributed by atoms with Gasteiger partial charge in [0.2, 0.25) is 0 Å². The zero-order valence-corrected chi connectivity index (χ0v) is 19.0. The van der Waals surface area contributed by atoms with Crippen LogP contribution in [0, 0.1) is 0 Å². The van der Waals surface area contributed by atoms with Crippen molar-refractivity contribution in [3.05, 3.63) is 35.9 Å². The summed E-state index contributed by atoms with van der Waals surface area (Å²) in [6.45, 7) is 14.1. The summed E-state index contributed by atoms with van der Waals surface area (Å²) in [4.78, 5) is 14.2. The van der Waals surface area contributed by atoms with Crippen LogP contribution in [0.1, 0.15) is 45.7 Å². The van der Waals surface area contributed by atoms with Gasteiger partial charge in [0.05, 0.1) is 26.7 Å². The van der Waals surface area contributed by atoms with Gasteiger partial charge in [-0.1, -0.05) is 51.1 Å². The number of carbonyl (C=O) groups is 1. The summed E-state index contributed by atoms with van der Waals surface area (Å²) in [6, 6.07) is 10.0. The van der Waals surface area contributed by atoms with Gasteiger partial charge in [0.15, 0.2) is 8.32 Å². The molecule has 0 amide bonds. The maximum absolute atomic E-state index is 12.1. The van der Waals surface area contributed by atoms with E-state index < -0.39 is 8.32 Å². The van der Waals surface area contributed by atoms with E-state index in [0.29, 0.717) is 13.2 Å². The fourth-order valence-electron chi connectivity index (χ4n) is 2.80. The van der Waals surface area contributed by atoms with Gasteiger partial charge in [0, 0.05) is 18.6 Å². The quantitative estimate of drug-likeness (QED) is 0.479. The SMILES string of the molecule is COC(=O)C[C@@H](CO[Si](C)(C)C(C)(C)C)N(CCO)[C@H](C)c1ccccc1. The first-order chi connectivity index (χ1) is 12.5. The summed E-state index contributed by atoms with van der Waals surface area (Å²) in [5.41, 5.74) is 1.15. The molecule has 0 fully saturated rings. The number of esters is 1. The van der Waals surface area contributed by atoms with Crippen molar-refractivity contribution >= 4 is 14.3 Å². The molecule has 0 spiro atoms. The Hall–Kier alpha value is -1.21. The number of aliphatic hydroxyl groups excluding tert-OH is 1. The van der Waals surface area contributed by atoms with Crippen LogP contribution in [0.25, 0.3) is 0 Å². The summed E-state index contributed by atoms with van der Waals surface area (Å²) in [7, 11) is -0.545. The minimum atomic E-state index is -1.95. The number of aliphatic hydroxyl groups is 1. The number of carbonyl (C=O) groups excluding carboxylic acids is 1. The summed E-state index contributed by atoms with van der Waals surface area (Å²) in [5, 5.41) is 9.73. The lowest BCUT2D eigenvalue weighted by Gasteiger charge is -2.41. The van der Waals surface area contributed by atoms with E-state index >= 15 is 0 Å². The molecule has 2 atom stereocenters. The molecule has 1 aromatic rings. The van der Waals surface area contributed by atoms with Crippen LogP contribution >= 0.6 is 0 Å². The zero-order chi connectivity index (χ0) is 20.7. The molecule has 27 heavy (non-hydrogen) atoms. The van der Waals surface area contributed by atoms with E-state index in [0.717, 1.165) is 5.56 Å². The van der Waals surface area contributed by atoms with Crippen LogP contribution in [0.2, 0.25) is 18.1 Å². The van der Waals surface area contributed by atoms with Gasteiger partial charge in [-0.05, 0) is 30.6 Å². The second-order valence-electron chi connectivity index (χ2n) is 8.55. The Balaban J connectivity index is 3.07. The van der Waals surface area contributed by atoms with Crippen LogP contribution < -0.4 is 0 Å². The molecule has 1 rings (SSSR count). The molecule has 0 aliphatic rings. The summed E-state index contributed by atoms with van der Waals surface area (Å²) >= 11 is 0. The molecular weight excluding hydrogens is 358 g/mol. The highest BCUT2D eigenvalue weighted by molar-refractivity contribution is 6.74. The molecule has 0 saturated heterocycles. The van der Waals surface area contributed by atoms with Crippen LogP contribution in [-0.2, 0) is 14.0 Å². The lowest BCUT2D eigenvalue weighted by atomic mass is 10.0. The van der Waals surface area contributed by atoms with E-state index in [9.17, 15) is 9.90 Å². The van der Waals surface area contributed by atoms with Gasteiger partial charge in [-0.15, -0.1) is 0 Å². The Morgan fingerprint density at radius 3 is 2.30 bits per heavy atom. The standard InChI is InChI=1S/C21H37NO4Si/c1-17(18-11-9-8-10-12-18)22(13-14-23)19(15-20(24)25-5)16-26-27(6,7)21(2,3)4/h8-12,17,19,23H,13-16H2,1-7H3/t17-,19+/m1/s1. The molecule has 0 aliphatic carbocycles. The third-order valence-electron chi connectivity index (χ3n) is 5.68. The fourth-order valence-corrected chi connectivity index (χ4v) is 3.84. The smallest absolute Gasteiger partial charge is 0.307 e. The van der Waals surface area contributed by atoms with Gasteiger partial charge in [-0.25, -0.2) is 0 Å². The predicted molar refractivity (Wildman–Crippen MR) is 112 cm³/mol. The van der Waals surface area contributed by atoms with Crippen LogP contribution in [-0.4, -0.2) is 57.2 Å². The molecule has 0 unspecified atom stereocenters. The van der Waals surface area contributed by atoms with Crippen molar-refractivity contribution in [3.63, 3.8) is 0 Å². The lowest BCUT2D eigenvalue weighted by molar-refractivity contribution is -0.142. The molecule has 1 aromatic carbocycles. The maximum atomic E-state index is 12.1. The van der Waals surface area contributed by atoms with Crippen molar-refractivity contribution in [1.29, 1.82) is 0 Å². The number of rotatable bonds is 10. The minimum Gasteiger partial charge on any atom is -0.469 e. The number of hydrogen-bond acceptors (Lipinski definition) is 5. The molecule has 0 aliphatic heterocycles. The third kappa shape index (κ3) is 7.03. The molecular formula is C21H37NO4Si. The van der Waals surface area contributed by atoms with Crippen molar-refractivity contribution in [3.8, 4) is 0 Å². The first-order valence-corrected chi connectivity index (χ1v) is 12.6. The molecule has 0 bridgehead atoms. The molecule has 1 N–H and O–H groups in total. The predicted octanol–water partition coefficient (Wildman–Crippen LogP) is 4.00.